The maximum absolute atomic E-state index is 5.87. The van der Waals surface area contributed by atoms with Crippen LogP contribution in [0.5, 0.6) is 0 Å². The number of nitrogens with zero attached hydrogens (tertiary/aromatic N) is 2. The van der Waals surface area contributed by atoms with E-state index in [0.29, 0.717) is 11.3 Å². The van der Waals surface area contributed by atoms with Crippen molar-refractivity contribution in [1.29, 1.82) is 0 Å². The van der Waals surface area contributed by atoms with Crippen LogP contribution >= 0.6 is 0 Å². The standard InChI is InChI=1S/C23H44N4O3/c1-24-22(25-10-5-13-30-18-21-6-14-28-15-7-21)26-19-23(8-3-2-4-9-23)20-27-11-16-29-17-12-27/h21H,2-20H2,1H3,(H2,24,25,26). The predicted molar refractivity (Wildman–Crippen MR) is 121 cm³/mol. The molecule has 0 spiro atoms. The third-order valence-electron chi connectivity index (χ3n) is 6.88. The van der Waals surface area contributed by atoms with E-state index in [2.05, 4.69) is 20.5 Å². The van der Waals surface area contributed by atoms with Crippen molar-refractivity contribution in [3.05, 3.63) is 0 Å². The lowest BCUT2D eigenvalue weighted by molar-refractivity contribution is 0.00820. The summed E-state index contributed by atoms with van der Waals surface area (Å²) in [4.78, 5) is 7.05. The highest BCUT2D eigenvalue weighted by atomic mass is 16.5. The number of hydrogen-bond donors (Lipinski definition) is 2. The summed E-state index contributed by atoms with van der Waals surface area (Å²) in [5.41, 5.74) is 0.361. The fraction of sp³-hybridized carbons (Fsp3) is 0.957. The van der Waals surface area contributed by atoms with Crippen LogP contribution in [0, 0.1) is 11.3 Å². The van der Waals surface area contributed by atoms with Gasteiger partial charge in [-0.2, -0.15) is 0 Å². The van der Waals surface area contributed by atoms with E-state index in [9.17, 15) is 0 Å². The van der Waals surface area contributed by atoms with E-state index in [1.54, 1.807) is 0 Å². The van der Waals surface area contributed by atoms with Gasteiger partial charge in [-0.05, 0) is 38.0 Å². The Bertz CT molecular complexity index is 485. The number of morpholine rings is 1. The quantitative estimate of drug-likeness (QED) is 0.319. The Morgan fingerprint density at radius 1 is 1.03 bits per heavy atom. The van der Waals surface area contributed by atoms with Gasteiger partial charge in [-0.1, -0.05) is 19.3 Å². The zero-order chi connectivity index (χ0) is 20.9. The van der Waals surface area contributed by atoms with E-state index in [-0.39, 0.29) is 0 Å². The van der Waals surface area contributed by atoms with Gasteiger partial charge in [-0.3, -0.25) is 9.89 Å². The summed E-state index contributed by atoms with van der Waals surface area (Å²) in [6, 6.07) is 0. The molecule has 2 saturated heterocycles. The van der Waals surface area contributed by atoms with Crippen LogP contribution in [0.4, 0.5) is 0 Å². The molecule has 0 atom stereocenters. The van der Waals surface area contributed by atoms with Gasteiger partial charge in [0.25, 0.3) is 0 Å². The van der Waals surface area contributed by atoms with E-state index in [0.717, 1.165) is 91.0 Å². The first kappa shape index (κ1) is 23.8. The lowest BCUT2D eigenvalue weighted by Gasteiger charge is -2.42. The lowest BCUT2D eigenvalue weighted by atomic mass is 9.73. The molecule has 3 fully saturated rings. The largest absolute Gasteiger partial charge is 0.381 e. The van der Waals surface area contributed by atoms with Gasteiger partial charge in [0.15, 0.2) is 5.96 Å². The second-order valence-corrected chi connectivity index (χ2v) is 9.29. The summed E-state index contributed by atoms with van der Waals surface area (Å²) in [7, 11) is 1.87. The molecule has 0 radical (unpaired) electrons. The summed E-state index contributed by atoms with van der Waals surface area (Å²) in [6.45, 7) is 10.4. The average Bonchev–Trinajstić information content (AvgIpc) is 2.80. The monoisotopic (exact) mass is 424 g/mol. The molecule has 2 heterocycles. The first-order valence-corrected chi connectivity index (χ1v) is 12.2. The molecule has 3 aliphatic rings. The Hall–Kier alpha value is -0.890. The first-order chi connectivity index (χ1) is 14.8. The van der Waals surface area contributed by atoms with E-state index >= 15 is 0 Å². The van der Waals surface area contributed by atoms with Crippen molar-refractivity contribution in [3.8, 4) is 0 Å². The number of rotatable bonds is 10. The fourth-order valence-corrected chi connectivity index (χ4v) is 4.96. The van der Waals surface area contributed by atoms with Gasteiger partial charge >= 0.3 is 0 Å². The molecular weight excluding hydrogens is 380 g/mol. The van der Waals surface area contributed by atoms with Crippen LogP contribution in [0.2, 0.25) is 0 Å². The minimum atomic E-state index is 0.361. The van der Waals surface area contributed by atoms with Crippen molar-refractivity contribution in [2.45, 2.75) is 51.4 Å². The molecule has 0 bridgehead atoms. The molecule has 1 aliphatic carbocycles. The molecule has 0 unspecified atom stereocenters. The van der Waals surface area contributed by atoms with Gasteiger partial charge in [0, 0.05) is 71.6 Å². The van der Waals surface area contributed by atoms with E-state index in [4.69, 9.17) is 14.2 Å². The van der Waals surface area contributed by atoms with E-state index in [1.807, 2.05) is 7.05 Å². The minimum absolute atomic E-state index is 0.361. The van der Waals surface area contributed by atoms with E-state index in [1.165, 1.54) is 38.6 Å². The van der Waals surface area contributed by atoms with Crippen LogP contribution in [-0.2, 0) is 14.2 Å². The van der Waals surface area contributed by atoms with Gasteiger partial charge < -0.3 is 24.8 Å². The Labute approximate surface area is 183 Å². The number of hydrogen-bond acceptors (Lipinski definition) is 5. The Morgan fingerprint density at radius 3 is 2.50 bits per heavy atom. The molecule has 0 aromatic heterocycles. The maximum atomic E-state index is 5.87. The molecular formula is C23H44N4O3. The number of nitrogens with one attached hydrogen (secondary N) is 2. The summed E-state index contributed by atoms with van der Waals surface area (Å²) < 4.78 is 16.8. The summed E-state index contributed by atoms with van der Waals surface area (Å²) in [5.74, 6) is 1.60. The van der Waals surface area contributed by atoms with Crippen molar-refractivity contribution in [2.24, 2.45) is 16.3 Å². The highest BCUT2D eigenvalue weighted by Gasteiger charge is 2.34. The van der Waals surface area contributed by atoms with Gasteiger partial charge in [-0.15, -0.1) is 0 Å². The molecule has 7 nitrogen and oxygen atoms in total. The van der Waals surface area contributed by atoms with Gasteiger partial charge in [0.1, 0.15) is 0 Å². The molecule has 2 aliphatic heterocycles. The normalized spacial score (nSPS) is 24.0. The maximum Gasteiger partial charge on any atom is 0.190 e. The van der Waals surface area contributed by atoms with Gasteiger partial charge in [-0.25, -0.2) is 0 Å². The molecule has 0 aromatic carbocycles. The van der Waals surface area contributed by atoms with Crippen LogP contribution in [0.1, 0.15) is 51.4 Å². The highest BCUT2D eigenvalue weighted by Crippen LogP contribution is 2.36. The van der Waals surface area contributed by atoms with Crippen LogP contribution < -0.4 is 10.6 Å². The number of ether oxygens (including phenoxy) is 3. The Balaban J connectivity index is 1.32. The summed E-state index contributed by atoms with van der Waals surface area (Å²) in [6.07, 6.45) is 9.99. The van der Waals surface area contributed by atoms with Crippen molar-refractivity contribution < 1.29 is 14.2 Å². The molecule has 174 valence electrons. The molecule has 2 N–H and O–H groups in total. The van der Waals surface area contributed by atoms with Crippen molar-refractivity contribution >= 4 is 5.96 Å². The van der Waals surface area contributed by atoms with Crippen molar-refractivity contribution in [3.63, 3.8) is 0 Å². The SMILES string of the molecule is CN=C(NCCCOCC1CCOCC1)NCC1(CN2CCOCC2)CCCCC1. The second kappa shape index (κ2) is 13.5. The van der Waals surface area contributed by atoms with Crippen molar-refractivity contribution in [2.75, 3.05) is 79.4 Å². The topological polar surface area (TPSA) is 67.4 Å². The zero-order valence-electron chi connectivity index (χ0n) is 19.1. The molecule has 1 saturated carbocycles. The van der Waals surface area contributed by atoms with Gasteiger partial charge in [0.05, 0.1) is 13.2 Å². The minimum Gasteiger partial charge on any atom is -0.381 e. The Kier molecular flexibility index (Phi) is 10.7. The zero-order valence-corrected chi connectivity index (χ0v) is 19.1. The van der Waals surface area contributed by atoms with E-state index < -0.39 is 0 Å². The lowest BCUT2D eigenvalue weighted by Crippen LogP contribution is -2.51. The first-order valence-electron chi connectivity index (χ1n) is 12.2. The number of aliphatic imine (C=N–C) groups is 1. The third-order valence-corrected chi connectivity index (χ3v) is 6.88. The van der Waals surface area contributed by atoms with Crippen molar-refractivity contribution in [1.82, 2.24) is 15.5 Å². The Morgan fingerprint density at radius 2 is 1.77 bits per heavy atom. The van der Waals surface area contributed by atoms with Crippen LogP contribution in [0.25, 0.3) is 0 Å². The molecule has 0 aromatic rings. The highest BCUT2D eigenvalue weighted by molar-refractivity contribution is 5.79. The average molecular weight is 425 g/mol. The van der Waals surface area contributed by atoms with Crippen LogP contribution in [0.15, 0.2) is 4.99 Å². The second-order valence-electron chi connectivity index (χ2n) is 9.29. The van der Waals surface area contributed by atoms with Gasteiger partial charge in [0.2, 0.25) is 0 Å². The predicted octanol–water partition coefficient (Wildman–Crippen LogP) is 2.27. The fourth-order valence-electron chi connectivity index (χ4n) is 4.96. The molecule has 0 amide bonds. The van der Waals surface area contributed by atoms with Crippen LogP contribution in [-0.4, -0.2) is 90.3 Å². The summed E-state index contributed by atoms with van der Waals surface area (Å²) in [5, 5.41) is 7.11. The molecule has 30 heavy (non-hydrogen) atoms. The third kappa shape index (κ3) is 8.33. The molecule has 3 rings (SSSR count). The smallest absolute Gasteiger partial charge is 0.190 e. The summed E-state index contributed by atoms with van der Waals surface area (Å²) >= 11 is 0. The van der Waals surface area contributed by atoms with Crippen LogP contribution in [0.3, 0.4) is 0 Å². The number of guanidine groups is 1. The molecule has 7 heteroatoms.